The average Bonchev–Trinajstić information content (AvgIpc) is 2.35. The minimum atomic E-state index is 0.109. The van der Waals surface area contributed by atoms with E-state index < -0.39 is 0 Å². The van der Waals surface area contributed by atoms with Crippen LogP contribution in [0, 0.1) is 0 Å². The molecule has 2 unspecified atom stereocenters. The second kappa shape index (κ2) is 4.44. The molecule has 1 heteroatoms. The third-order valence-corrected chi connectivity index (χ3v) is 5.30. The van der Waals surface area contributed by atoms with E-state index in [-0.39, 0.29) is 16.7 Å². The lowest BCUT2D eigenvalue weighted by Crippen LogP contribution is -2.35. The van der Waals surface area contributed by atoms with Gasteiger partial charge in [-0.2, -0.15) is 0 Å². The molecule has 1 saturated carbocycles. The SMILES string of the molecule is CC(C)(C)c1ccc(C(C)(C)C)c2c1C1CCC2C(=O)C1. The van der Waals surface area contributed by atoms with E-state index >= 15 is 0 Å². The quantitative estimate of drug-likeness (QED) is 0.638. The molecule has 1 aromatic rings. The molecule has 0 saturated heterocycles. The molecule has 4 rings (SSSR count). The first-order chi connectivity index (χ1) is 9.60. The van der Waals surface area contributed by atoms with Crippen LogP contribution in [0.25, 0.3) is 0 Å². The first kappa shape index (κ1) is 14.8. The van der Waals surface area contributed by atoms with Crippen LogP contribution in [0.1, 0.15) is 94.9 Å². The van der Waals surface area contributed by atoms with Gasteiger partial charge in [0, 0.05) is 12.3 Å². The van der Waals surface area contributed by atoms with Crippen LogP contribution >= 0.6 is 0 Å². The molecular formula is C20H28O. The molecule has 2 atom stereocenters. The Kier molecular flexibility index (Phi) is 3.13. The zero-order chi connectivity index (χ0) is 15.6. The van der Waals surface area contributed by atoms with Crippen LogP contribution in [-0.4, -0.2) is 5.78 Å². The summed E-state index contributed by atoms with van der Waals surface area (Å²) in [5.74, 6) is 1.12. The fourth-order valence-corrected chi connectivity index (χ4v) is 4.33. The number of rotatable bonds is 0. The number of ketones is 1. The Bertz CT molecular complexity index is 595. The molecule has 1 fully saturated rings. The van der Waals surface area contributed by atoms with E-state index in [1.165, 1.54) is 28.7 Å². The summed E-state index contributed by atoms with van der Waals surface area (Å²) in [4.78, 5) is 12.5. The first-order valence-corrected chi connectivity index (χ1v) is 8.31. The molecule has 1 nitrogen and oxygen atoms in total. The van der Waals surface area contributed by atoms with Gasteiger partial charge in [-0.15, -0.1) is 0 Å². The van der Waals surface area contributed by atoms with Gasteiger partial charge < -0.3 is 0 Å². The normalized spacial score (nSPS) is 25.1. The van der Waals surface area contributed by atoms with Crippen molar-refractivity contribution in [2.75, 3.05) is 0 Å². The first-order valence-electron chi connectivity index (χ1n) is 8.31. The minimum absolute atomic E-state index is 0.109. The Balaban J connectivity index is 2.33. The number of hydrogen-bond acceptors (Lipinski definition) is 1. The summed E-state index contributed by atoms with van der Waals surface area (Å²) in [6.07, 6.45) is 3.03. The highest BCUT2D eigenvalue weighted by Crippen LogP contribution is 2.53. The maximum Gasteiger partial charge on any atom is 0.140 e. The summed E-state index contributed by atoms with van der Waals surface area (Å²) >= 11 is 0. The summed E-state index contributed by atoms with van der Waals surface area (Å²) in [5.41, 5.74) is 6.06. The molecule has 1 aromatic carbocycles. The highest BCUT2D eigenvalue weighted by Gasteiger charge is 2.43. The third kappa shape index (κ3) is 2.25. The van der Waals surface area contributed by atoms with Gasteiger partial charge in [0.05, 0.1) is 0 Å². The molecule has 3 aliphatic carbocycles. The monoisotopic (exact) mass is 284 g/mol. The van der Waals surface area contributed by atoms with Crippen molar-refractivity contribution in [1.29, 1.82) is 0 Å². The molecule has 2 bridgehead atoms. The molecule has 0 heterocycles. The van der Waals surface area contributed by atoms with E-state index in [1.54, 1.807) is 0 Å². The number of benzene rings is 1. The highest BCUT2D eigenvalue weighted by molar-refractivity contribution is 5.91. The van der Waals surface area contributed by atoms with Crippen molar-refractivity contribution >= 4 is 5.78 Å². The van der Waals surface area contributed by atoms with Crippen LogP contribution in [0.15, 0.2) is 12.1 Å². The predicted octanol–water partition coefficient (Wildman–Crippen LogP) is 5.22. The van der Waals surface area contributed by atoms with Gasteiger partial charge in [-0.05, 0) is 51.8 Å². The molecule has 21 heavy (non-hydrogen) atoms. The molecule has 0 radical (unpaired) electrons. The van der Waals surface area contributed by atoms with Gasteiger partial charge in [0.1, 0.15) is 5.78 Å². The van der Waals surface area contributed by atoms with Crippen molar-refractivity contribution < 1.29 is 4.79 Å². The molecule has 0 N–H and O–H groups in total. The van der Waals surface area contributed by atoms with E-state index in [0.717, 1.165) is 12.8 Å². The van der Waals surface area contributed by atoms with Gasteiger partial charge in [-0.25, -0.2) is 0 Å². The van der Waals surface area contributed by atoms with Crippen molar-refractivity contribution in [3.63, 3.8) is 0 Å². The second-order valence-corrected chi connectivity index (χ2v) is 8.99. The van der Waals surface area contributed by atoms with Gasteiger partial charge in [0.2, 0.25) is 0 Å². The fraction of sp³-hybridized carbons (Fsp3) is 0.650. The number of Topliss-reactive ketones (excluding diaryl/α,β-unsaturated/α-hetero) is 1. The number of carbonyl (C=O) groups excluding carboxylic acids is 1. The van der Waals surface area contributed by atoms with Crippen molar-refractivity contribution in [3.05, 3.63) is 34.4 Å². The van der Waals surface area contributed by atoms with Crippen molar-refractivity contribution in [2.45, 2.75) is 83.5 Å². The Morgan fingerprint density at radius 2 is 1.38 bits per heavy atom. The van der Waals surface area contributed by atoms with Crippen molar-refractivity contribution in [1.82, 2.24) is 0 Å². The van der Waals surface area contributed by atoms with Crippen LogP contribution in [0.5, 0.6) is 0 Å². The summed E-state index contributed by atoms with van der Waals surface area (Å²) in [6, 6.07) is 4.64. The van der Waals surface area contributed by atoms with E-state index in [4.69, 9.17) is 0 Å². The van der Waals surface area contributed by atoms with Gasteiger partial charge in [-0.3, -0.25) is 4.79 Å². The average molecular weight is 284 g/mol. The standard InChI is InChI=1S/C20H28O/c1-19(2,3)14-9-10-15(20(4,5)6)18-13-8-7-12(17(14)18)11-16(13)21/h9-10,12-13H,7-8,11H2,1-6H3. The lowest BCUT2D eigenvalue weighted by molar-refractivity contribution is -0.123. The lowest BCUT2D eigenvalue weighted by atomic mass is 9.60. The Labute approximate surface area is 129 Å². The second-order valence-electron chi connectivity index (χ2n) is 8.99. The highest BCUT2D eigenvalue weighted by atomic mass is 16.1. The van der Waals surface area contributed by atoms with Crippen molar-refractivity contribution in [2.24, 2.45) is 0 Å². The van der Waals surface area contributed by atoms with Gasteiger partial charge in [0.15, 0.2) is 0 Å². The van der Waals surface area contributed by atoms with Crippen LogP contribution in [0.4, 0.5) is 0 Å². The smallest absolute Gasteiger partial charge is 0.140 e. The van der Waals surface area contributed by atoms with Crippen LogP contribution in [0.2, 0.25) is 0 Å². The molecule has 0 aliphatic heterocycles. The summed E-state index contributed by atoms with van der Waals surface area (Å²) in [7, 11) is 0. The van der Waals surface area contributed by atoms with E-state index in [1.807, 2.05) is 0 Å². The topological polar surface area (TPSA) is 17.1 Å². The third-order valence-electron chi connectivity index (χ3n) is 5.30. The number of hydrogen-bond donors (Lipinski definition) is 0. The maximum absolute atomic E-state index is 12.5. The Hall–Kier alpha value is -1.11. The number of fused-ring (bicyclic) bond motifs is 2. The van der Waals surface area contributed by atoms with Crippen molar-refractivity contribution in [3.8, 4) is 0 Å². The lowest BCUT2D eigenvalue weighted by Gasteiger charge is -2.43. The van der Waals surface area contributed by atoms with E-state index in [9.17, 15) is 4.79 Å². The number of carbonyl (C=O) groups is 1. The van der Waals surface area contributed by atoms with E-state index in [0.29, 0.717) is 11.7 Å². The molecule has 3 aliphatic rings. The largest absolute Gasteiger partial charge is 0.299 e. The predicted molar refractivity (Wildman–Crippen MR) is 88.2 cm³/mol. The van der Waals surface area contributed by atoms with Gasteiger partial charge >= 0.3 is 0 Å². The molecule has 0 aromatic heterocycles. The van der Waals surface area contributed by atoms with Crippen LogP contribution in [0.3, 0.4) is 0 Å². The zero-order valence-electron chi connectivity index (χ0n) is 14.3. The Morgan fingerprint density at radius 1 is 0.857 bits per heavy atom. The fourth-order valence-electron chi connectivity index (χ4n) is 4.33. The van der Waals surface area contributed by atoms with Gasteiger partial charge in [0.25, 0.3) is 0 Å². The summed E-state index contributed by atoms with van der Waals surface area (Å²) in [6.45, 7) is 13.7. The molecule has 114 valence electrons. The summed E-state index contributed by atoms with van der Waals surface area (Å²) < 4.78 is 0. The van der Waals surface area contributed by atoms with Crippen LogP contribution in [-0.2, 0) is 15.6 Å². The molecule has 0 amide bonds. The van der Waals surface area contributed by atoms with Gasteiger partial charge in [-0.1, -0.05) is 53.7 Å². The molecular weight excluding hydrogens is 256 g/mol. The maximum atomic E-state index is 12.5. The zero-order valence-corrected chi connectivity index (χ0v) is 14.3. The summed E-state index contributed by atoms with van der Waals surface area (Å²) in [5, 5.41) is 0. The minimum Gasteiger partial charge on any atom is -0.299 e. The Morgan fingerprint density at radius 3 is 1.86 bits per heavy atom. The molecule has 0 spiro atoms. The van der Waals surface area contributed by atoms with Crippen LogP contribution < -0.4 is 0 Å². The van der Waals surface area contributed by atoms with E-state index in [2.05, 4.69) is 53.7 Å².